The summed E-state index contributed by atoms with van der Waals surface area (Å²) in [5.41, 5.74) is -1.08. The van der Waals surface area contributed by atoms with Gasteiger partial charge in [0.1, 0.15) is 11.5 Å². The first-order valence-corrected chi connectivity index (χ1v) is 6.88. The maximum absolute atomic E-state index is 13.4. The molecule has 0 amide bonds. The van der Waals surface area contributed by atoms with Gasteiger partial charge in [-0.05, 0) is 18.2 Å². The van der Waals surface area contributed by atoms with Gasteiger partial charge in [0.15, 0.2) is 0 Å². The third kappa shape index (κ3) is 3.05. The third-order valence-electron chi connectivity index (χ3n) is 3.40. The molecule has 24 heavy (non-hydrogen) atoms. The quantitative estimate of drug-likeness (QED) is 0.712. The van der Waals surface area contributed by atoms with E-state index in [1.807, 2.05) is 0 Å². The smallest absolute Gasteiger partial charge is 0.325 e. The highest BCUT2D eigenvalue weighted by atomic mass is 19.4. The summed E-state index contributed by atoms with van der Waals surface area (Å²) in [6, 6.07) is 11.1. The molecule has 2 aromatic carbocycles. The van der Waals surface area contributed by atoms with Crippen molar-refractivity contribution in [3.63, 3.8) is 0 Å². The SMILES string of the molecule is O=c1[nH]cc(-c2ccc(F)c(C(F)(F)F)c2)nc1-c1ccccc1. The van der Waals surface area contributed by atoms with Gasteiger partial charge in [0.2, 0.25) is 0 Å². The zero-order valence-electron chi connectivity index (χ0n) is 12.1. The molecule has 122 valence electrons. The number of hydrogen-bond acceptors (Lipinski definition) is 2. The predicted octanol–water partition coefficient (Wildman–Crippen LogP) is 4.26. The van der Waals surface area contributed by atoms with Crippen molar-refractivity contribution in [2.24, 2.45) is 0 Å². The van der Waals surface area contributed by atoms with E-state index >= 15 is 0 Å². The number of nitrogens with one attached hydrogen (secondary N) is 1. The molecule has 0 saturated heterocycles. The molecule has 1 aromatic heterocycles. The number of nitrogens with zero attached hydrogens (tertiary/aromatic N) is 1. The van der Waals surface area contributed by atoms with E-state index in [1.165, 1.54) is 12.3 Å². The van der Waals surface area contributed by atoms with Crippen LogP contribution in [0.25, 0.3) is 22.5 Å². The predicted molar refractivity (Wildman–Crippen MR) is 80.7 cm³/mol. The Hall–Kier alpha value is -2.96. The van der Waals surface area contributed by atoms with E-state index in [9.17, 15) is 22.4 Å². The molecule has 0 atom stereocenters. The maximum Gasteiger partial charge on any atom is 0.419 e. The van der Waals surface area contributed by atoms with Crippen LogP contribution in [0, 0.1) is 5.82 Å². The number of H-pyrrole nitrogens is 1. The Morgan fingerprint density at radius 2 is 1.67 bits per heavy atom. The molecule has 3 aromatic rings. The molecule has 0 unspecified atom stereocenters. The van der Waals surface area contributed by atoms with E-state index in [0.29, 0.717) is 11.6 Å². The number of aromatic nitrogens is 2. The van der Waals surface area contributed by atoms with Gasteiger partial charge in [0, 0.05) is 17.3 Å². The average molecular weight is 334 g/mol. The largest absolute Gasteiger partial charge is 0.419 e. The van der Waals surface area contributed by atoms with Gasteiger partial charge in [0.05, 0.1) is 11.3 Å². The minimum atomic E-state index is -4.81. The molecule has 0 radical (unpaired) electrons. The van der Waals surface area contributed by atoms with Crippen LogP contribution in [-0.4, -0.2) is 9.97 Å². The van der Waals surface area contributed by atoms with Gasteiger partial charge < -0.3 is 4.98 Å². The van der Waals surface area contributed by atoms with Crippen molar-refractivity contribution in [2.75, 3.05) is 0 Å². The monoisotopic (exact) mass is 334 g/mol. The summed E-state index contributed by atoms with van der Waals surface area (Å²) >= 11 is 0. The standard InChI is InChI=1S/C17H10F4N2O/c18-13-7-6-11(8-12(13)17(19,20)21)14-9-22-16(24)15(23-14)10-4-2-1-3-5-10/h1-9H,(H,22,24). The molecule has 0 aliphatic heterocycles. The second-order valence-corrected chi connectivity index (χ2v) is 5.02. The Labute approximate surface area is 133 Å². The minimum absolute atomic E-state index is 0.0529. The van der Waals surface area contributed by atoms with E-state index in [2.05, 4.69) is 9.97 Å². The van der Waals surface area contributed by atoms with Crippen molar-refractivity contribution in [3.05, 3.63) is 76.5 Å². The van der Waals surface area contributed by atoms with E-state index in [4.69, 9.17) is 0 Å². The van der Waals surface area contributed by atoms with Crippen LogP contribution in [0.2, 0.25) is 0 Å². The summed E-state index contributed by atoms with van der Waals surface area (Å²) in [5, 5.41) is 0. The van der Waals surface area contributed by atoms with Crippen molar-refractivity contribution >= 4 is 0 Å². The van der Waals surface area contributed by atoms with Gasteiger partial charge in [-0.3, -0.25) is 4.79 Å². The molecular formula is C17H10F4N2O. The number of rotatable bonds is 2. The van der Waals surface area contributed by atoms with E-state index in [0.717, 1.165) is 6.07 Å². The lowest BCUT2D eigenvalue weighted by molar-refractivity contribution is -0.139. The third-order valence-corrected chi connectivity index (χ3v) is 3.40. The van der Waals surface area contributed by atoms with Crippen LogP contribution in [0.4, 0.5) is 17.6 Å². The molecule has 3 rings (SSSR count). The second-order valence-electron chi connectivity index (χ2n) is 5.02. The summed E-state index contributed by atoms with van der Waals surface area (Å²) in [6.07, 6.45) is -3.62. The van der Waals surface area contributed by atoms with E-state index in [1.54, 1.807) is 30.3 Å². The lowest BCUT2D eigenvalue weighted by Crippen LogP contribution is -2.12. The van der Waals surface area contributed by atoms with Crippen molar-refractivity contribution in [1.29, 1.82) is 0 Å². The summed E-state index contributed by atoms with van der Waals surface area (Å²) < 4.78 is 51.9. The van der Waals surface area contributed by atoms with Crippen LogP contribution < -0.4 is 5.56 Å². The Kier molecular flexibility index (Phi) is 3.92. The normalized spacial score (nSPS) is 11.5. The fourth-order valence-corrected chi connectivity index (χ4v) is 2.25. The van der Waals surface area contributed by atoms with Crippen LogP contribution in [0.1, 0.15) is 5.56 Å². The van der Waals surface area contributed by atoms with Crippen molar-refractivity contribution in [1.82, 2.24) is 9.97 Å². The van der Waals surface area contributed by atoms with Gasteiger partial charge in [-0.1, -0.05) is 30.3 Å². The number of benzene rings is 2. The lowest BCUT2D eigenvalue weighted by atomic mass is 10.1. The van der Waals surface area contributed by atoms with Crippen molar-refractivity contribution < 1.29 is 17.6 Å². The Bertz CT molecular complexity index is 933. The van der Waals surface area contributed by atoms with Gasteiger partial charge in [0.25, 0.3) is 5.56 Å². The topological polar surface area (TPSA) is 45.8 Å². The molecule has 0 aliphatic rings. The molecule has 0 aliphatic carbocycles. The fourth-order valence-electron chi connectivity index (χ4n) is 2.25. The summed E-state index contributed by atoms with van der Waals surface area (Å²) in [4.78, 5) is 18.5. The van der Waals surface area contributed by atoms with E-state index < -0.39 is 23.1 Å². The zero-order chi connectivity index (χ0) is 17.3. The Morgan fingerprint density at radius 3 is 2.33 bits per heavy atom. The van der Waals surface area contributed by atoms with Crippen LogP contribution in [-0.2, 0) is 6.18 Å². The number of hydrogen-bond donors (Lipinski definition) is 1. The molecule has 3 nitrogen and oxygen atoms in total. The first kappa shape index (κ1) is 15.9. The first-order chi connectivity index (χ1) is 11.4. The summed E-state index contributed by atoms with van der Waals surface area (Å²) in [6.45, 7) is 0. The highest BCUT2D eigenvalue weighted by Gasteiger charge is 2.34. The minimum Gasteiger partial charge on any atom is -0.325 e. The van der Waals surface area contributed by atoms with Gasteiger partial charge in [-0.25, -0.2) is 9.37 Å². The molecule has 1 N–H and O–H groups in total. The van der Waals surface area contributed by atoms with Crippen molar-refractivity contribution in [3.8, 4) is 22.5 Å². The fraction of sp³-hybridized carbons (Fsp3) is 0.0588. The maximum atomic E-state index is 13.4. The molecule has 7 heteroatoms. The number of halogens is 4. The highest BCUT2D eigenvalue weighted by molar-refractivity contribution is 5.65. The number of alkyl halides is 3. The Morgan fingerprint density at radius 1 is 0.958 bits per heavy atom. The van der Waals surface area contributed by atoms with Crippen molar-refractivity contribution in [2.45, 2.75) is 6.18 Å². The molecule has 0 spiro atoms. The van der Waals surface area contributed by atoms with Crippen LogP contribution in [0.5, 0.6) is 0 Å². The number of aromatic amines is 1. The van der Waals surface area contributed by atoms with Crippen LogP contribution >= 0.6 is 0 Å². The van der Waals surface area contributed by atoms with Gasteiger partial charge >= 0.3 is 6.18 Å². The Balaban J connectivity index is 2.13. The van der Waals surface area contributed by atoms with Gasteiger partial charge in [-0.2, -0.15) is 13.2 Å². The summed E-state index contributed by atoms with van der Waals surface area (Å²) in [7, 11) is 0. The highest BCUT2D eigenvalue weighted by Crippen LogP contribution is 2.33. The lowest BCUT2D eigenvalue weighted by Gasteiger charge is -2.10. The molecule has 0 fully saturated rings. The molecule has 0 saturated carbocycles. The summed E-state index contributed by atoms with van der Waals surface area (Å²) in [5.74, 6) is -1.36. The molecule has 0 bridgehead atoms. The van der Waals surface area contributed by atoms with E-state index in [-0.39, 0.29) is 17.0 Å². The first-order valence-electron chi connectivity index (χ1n) is 6.88. The van der Waals surface area contributed by atoms with Gasteiger partial charge in [-0.15, -0.1) is 0 Å². The average Bonchev–Trinajstić information content (AvgIpc) is 2.55. The zero-order valence-corrected chi connectivity index (χ0v) is 12.1. The molecular weight excluding hydrogens is 324 g/mol. The van der Waals surface area contributed by atoms with Crippen LogP contribution in [0.15, 0.2) is 59.5 Å². The second kappa shape index (κ2) is 5.92. The van der Waals surface area contributed by atoms with Crippen LogP contribution in [0.3, 0.4) is 0 Å². The molecule has 1 heterocycles.